The van der Waals surface area contributed by atoms with Crippen molar-refractivity contribution in [2.75, 3.05) is 6.54 Å². The minimum Gasteiger partial charge on any atom is -0.368 e. The molecule has 0 heterocycles. The van der Waals surface area contributed by atoms with Gasteiger partial charge in [-0.25, -0.2) is 0 Å². The summed E-state index contributed by atoms with van der Waals surface area (Å²) in [5.74, 6) is 1.03. The topological polar surface area (TPSA) is 55.1 Å². The van der Waals surface area contributed by atoms with Crippen LogP contribution in [0.5, 0.6) is 0 Å². The summed E-state index contributed by atoms with van der Waals surface area (Å²) in [5, 5.41) is 3.32. The Morgan fingerprint density at radius 2 is 2.13 bits per heavy atom. The molecule has 1 aliphatic carbocycles. The normalized spacial score (nSPS) is 21.1. The maximum Gasteiger partial charge on any atom is 0.237 e. The number of nitrogens with two attached hydrogens (primary N) is 1. The molecule has 1 rings (SSSR count). The highest BCUT2D eigenvalue weighted by Crippen LogP contribution is 2.33. The lowest BCUT2D eigenvalue weighted by Crippen LogP contribution is -2.55. The number of hydrogen-bond acceptors (Lipinski definition) is 2. The summed E-state index contributed by atoms with van der Waals surface area (Å²) in [5.41, 5.74) is 4.98. The molecule has 0 aromatic heterocycles. The number of amides is 1. The molecule has 0 aromatic rings. The highest BCUT2D eigenvalue weighted by atomic mass is 16.1. The molecule has 1 unspecified atom stereocenters. The fraction of sp³-hybridized carbons (Fsp3) is 0.917. The molecule has 0 saturated heterocycles. The van der Waals surface area contributed by atoms with E-state index in [4.69, 9.17) is 5.73 Å². The van der Waals surface area contributed by atoms with Crippen molar-refractivity contribution in [2.45, 2.75) is 52.0 Å². The Balaban J connectivity index is 2.48. The summed E-state index contributed by atoms with van der Waals surface area (Å²) in [4.78, 5) is 11.5. The molecular formula is C12H24N2O. The molecule has 88 valence electrons. The van der Waals surface area contributed by atoms with E-state index in [1.165, 1.54) is 19.3 Å². The molecule has 0 spiro atoms. The second-order valence-electron chi connectivity index (χ2n) is 5.47. The first-order chi connectivity index (χ1) is 6.94. The van der Waals surface area contributed by atoms with E-state index in [1.807, 2.05) is 6.92 Å². The fourth-order valence-corrected chi connectivity index (χ4v) is 1.96. The van der Waals surface area contributed by atoms with Gasteiger partial charge in [0, 0.05) is 0 Å². The lowest BCUT2D eigenvalue weighted by Gasteiger charge is -2.36. The van der Waals surface area contributed by atoms with Crippen molar-refractivity contribution < 1.29 is 4.79 Å². The Labute approximate surface area is 92.8 Å². The highest BCUT2D eigenvalue weighted by molar-refractivity contribution is 5.84. The van der Waals surface area contributed by atoms with Gasteiger partial charge in [0.15, 0.2) is 0 Å². The fourth-order valence-electron chi connectivity index (χ4n) is 1.96. The van der Waals surface area contributed by atoms with Crippen LogP contribution in [0.15, 0.2) is 0 Å². The van der Waals surface area contributed by atoms with Crippen LogP contribution < -0.4 is 11.1 Å². The standard InChI is InChI=1S/C12H24N2O/c1-9(2)8-14-12(3,11(13)15)7-10-5-4-6-10/h9-10,14H,4-8H2,1-3H3,(H2,13,15). The van der Waals surface area contributed by atoms with Gasteiger partial charge in [0.25, 0.3) is 0 Å². The molecule has 3 nitrogen and oxygen atoms in total. The summed E-state index contributed by atoms with van der Waals surface area (Å²) >= 11 is 0. The van der Waals surface area contributed by atoms with Gasteiger partial charge >= 0.3 is 0 Å². The minimum absolute atomic E-state index is 0.213. The van der Waals surface area contributed by atoms with Crippen molar-refractivity contribution in [3.63, 3.8) is 0 Å². The largest absolute Gasteiger partial charge is 0.368 e. The van der Waals surface area contributed by atoms with E-state index in [0.717, 1.165) is 13.0 Å². The van der Waals surface area contributed by atoms with E-state index in [1.54, 1.807) is 0 Å². The first-order valence-corrected chi connectivity index (χ1v) is 5.99. The molecule has 0 aromatic carbocycles. The number of primary amides is 1. The monoisotopic (exact) mass is 212 g/mol. The number of carbonyl (C=O) groups excluding carboxylic acids is 1. The van der Waals surface area contributed by atoms with Gasteiger partial charge in [0.1, 0.15) is 0 Å². The van der Waals surface area contributed by atoms with E-state index < -0.39 is 5.54 Å². The highest BCUT2D eigenvalue weighted by Gasteiger charge is 2.35. The zero-order valence-corrected chi connectivity index (χ0v) is 10.2. The van der Waals surface area contributed by atoms with Crippen molar-refractivity contribution in [1.82, 2.24) is 5.32 Å². The summed E-state index contributed by atoms with van der Waals surface area (Å²) in [6.07, 6.45) is 4.72. The number of nitrogens with one attached hydrogen (secondary N) is 1. The van der Waals surface area contributed by atoms with Crippen molar-refractivity contribution in [3.8, 4) is 0 Å². The third kappa shape index (κ3) is 3.49. The van der Waals surface area contributed by atoms with Gasteiger partial charge in [-0.05, 0) is 31.7 Å². The first kappa shape index (κ1) is 12.5. The molecule has 3 N–H and O–H groups in total. The molecule has 0 bridgehead atoms. The number of rotatable bonds is 6. The van der Waals surface area contributed by atoms with Crippen LogP contribution in [-0.4, -0.2) is 18.0 Å². The summed E-state index contributed by atoms with van der Waals surface area (Å²) < 4.78 is 0. The summed E-state index contributed by atoms with van der Waals surface area (Å²) in [6, 6.07) is 0. The Morgan fingerprint density at radius 1 is 1.53 bits per heavy atom. The van der Waals surface area contributed by atoms with E-state index >= 15 is 0 Å². The Hall–Kier alpha value is -0.570. The van der Waals surface area contributed by atoms with Crippen LogP contribution in [-0.2, 0) is 4.79 Å². The molecule has 1 aliphatic rings. The van der Waals surface area contributed by atoms with Gasteiger partial charge in [0.2, 0.25) is 5.91 Å². The molecule has 3 heteroatoms. The van der Waals surface area contributed by atoms with Gasteiger partial charge in [-0.1, -0.05) is 33.1 Å². The minimum atomic E-state index is -0.505. The second-order valence-corrected chi connectivity index (χ2v) is 5.47. The van der Waals surface area contributed by atoms with E-state index in [9.17, 15) is 4.79 Å². The van der Waals surface area contributed by atoms with Gasteiger partial charge in [-0.3, -0.25) is 4.79 Å². The van der Waals surface area contributed by atoms with Crippen LogP contribution in [0.1, 0.15) is 46.5 Å². The van der Waals surface area contributed by atoms with Crippen LogP contribution in [0.3, 0.4) is 0 Å². The molecule has 15 heavy (non-hydrogen) atoms. The third-order valence-corrected chi connectivity index (χ3v) is 3.37. The van der Waals surface area contributed by atoms with Crippen LogP contribution in [0.4, 0.5) is 0 Å². The smallest absolute Gasteiger partial charge is 0.237 e. The molecule has 1 fully saturated rings. The average molecular weight is 212 g/mol. The van der Waals surface area contributed by atoms with Crippen molar-refractivity contribution in [1.29, 1.82) is 0 Å². The van der Waals surface area contributed by atoms with E-state index in [0.29, 0.717) is 11.8 Å². The summed E-state index contributed by atoms with van der Waals surface area (Å²) in [6.45, 7) is 7.07. The Morgan fingerprint density at radius 3 is 2.47 bits per heavy atom. The SMILES string of the molecule is CC(C)CNC(C)(CC1CCC1)C(N)=O. The van der Waals surface area contributed by atoms with Gasteiger partial charge in [-0.2, -0.15) is 0 Å². The van der Waals surface area contributed by atoms with Gasteiger partial charge < -0.3 is 11.1 Å². The van der Waals surface area contributed by atoms with Crippen LogP contribution in [0.25, 0.3) is 0 Å². The van der Waals surface area contributed by atoms with Gasteiger partial charge in [-0.15, -0.1) is 0 Å². The Kier molecular flexibility index (Phi) is 4.14. The zero-order chi connectivity index (χ0) is 11.5. The zero-order valence-electron chi connectivity index (χ0n) is 10.2. The molecule has 1 atom stereocenters. The second kappa shape index (κ2) is 4.97. The lowest BCUT2D eigenvalue weighted by molar-refractivity contribution is -0.124. The number of carbonyl (C=O) groups is 1. The predicted molar refractivity (Wildman–Crippen MR) is 62.4 cm³/mol. The molecule has 1 saturated carbocycles. The average Bonchev–Trinajstić information content (AvgIpc) is 2.08. The van der Waals surface area contributed by atoms with Crippen LogP contribution in [0, 0.1) is 11.8 Å². The van der Waals surface area contributed by atoms with Crippen molar-refractivity contribution >= 4 is 5.91 Å². The Bertz CT molecular complexity index is 224. The molecule has 0 aliphatic heterocycles. The third-order valence-electron chi connectivity index (χ3n) is 3.37. The predicted octanol–water partition coefficient (Wildman–Crippen LogP) is 1.67. The number of hydrogen-bond donors (Lipinski definition) is 2. The first-order valence-electron chi connectivity index (χ1n) is 5.99. The molecule has 1 amide bonds. The maximum absolute atomic E-state index is 11.5. The molecule has 0 radical (unpaired) electrons. The van der Waals surface area contributed by atoms with Crippen LogP contribution in [0.2, 0.25) is 0 Å². The quantitative estimate of drug-likeness (QED) is 0.703. The molecular weight excluding hydrogens is 188 g/mol. The maximum atomic E-state index is 11.5. The van der Waals surface area contributed by atoms with E-state index in [-0.39, 0.29) is 5.91 Å². The van der Waals surface area contributed by atoms with E-state index in [2.05, 4.69) is 19.2 Å². The van der Waals surface area contributed by atoms with Crippen molar-refractivity contribution in [2.24, 2.45) is 17.6 Å². The summed E-state index contributed by atoms with van der Waals surface area (Å²) in [7, 11) is 0. The van der Waals surface area contributed by atoms with Crippen LogP contribution >= 0.6 is 0 Å². The van der Waals surface area contributed by atoms with Crippen molar-refractivity contribution in [3.05, 3.63) is 0 Å². The lowest BCUT2D eigenvalue weighted by atomic mass is 9.76. The van der Waals surface area contributed by atoms with Gasteiger partial charge in [0.05, 0.1) is 5.54 Å².